The van der Waals surface area contributed by atoms with E-state index in [1.165, 1.54) is 17.4 Å². The van der Waals surface area contributed by atoms with Crippen LogP contribution in [0.4, 0.5) is 4.39 Å². The summed E-state index contributed by atoms with van der Waals surface area (Å²) in [5.41, 5.74) is 2.38. The summed E-state index contributed by atoms with van der Waals surface area (Å²) in [6.45, 7) is 2.44. The highest BCUT2D eigenvalue weighted by Gasteiger charge is 2.32. The minimum absolute atomic E-state index is 0.0561. The van der Waals surface area contributed by atoms with Gasteiger partial charge >= 0.3 is 0 Å². The topological polar surface area (TPSA) is 29.5 Å². The number of rotatable bonds is 7. The van der Waals surface area contributed by atoms with E-state index in [0.717, 1.165) is 59.1 Å². The molecule has 0 spiro atoms. The van der Waals surface area contributed by atoms with Gasteiger partial charge in [-0.05, 0) is 73.1 Å². The van der Waals surface area contributed by atoms with Crippen LogP contribution in [0.1, 0.15) is 54.3 Å². The molecule has 0 unspecified atom stereocenters. The highest BCUT2D eigenvalue weighted by atomic mass is 35.5. The molecular formula is C31H31ClFNO2S. The van der Waals surface area contributed by atoms with Crippen LogP contribution in [-0.4, -0.2) is 24.0 Å². The second kappa shape index (κ2) is 11.2. The van der Waals surface area contributed by atoms with E-state index < -0.39 is 0 Å². The van der Waals surface area contributed by atoms with Crippen LogP contribution in [0.3, 0.4) is 0 Å². The van der Waals surface area contributed by atoms with Crippen LogP contribution >= 0.6 is 22.9 Å². The van der Waals surface area contributed by atoms with Gasteiger partial charge in [-0.15, -0.1) is 11.3 Å². The highest BCUT2D eigenvalue weighted by Crippen LogP contribution is 2.38. The number of carbonyl (C=O) groups excluding carboxylic acids is 1. The van der Waals surface area contributed by atoms with Gasteiger partial charge in [0, 0.05) is 28.2 Å². The lowest BCUT2D eigenvalue weighted by Gasteiger charge is -2.37. The Morgan fingerprint density at radius 1 is 1.03 bits per heavy atom. The fourth-order valence-corrected chi connectivity index (χ4v) is 6.82. The van der Waals surface area contributed by atoms with Gasteiger partial charge in [-0.2, -0.15) is 0 Å². The molecule has 1 saturated carbocycles. The first kappa shape index (κ1) is 25.7. The second-order valence-electron chi connectivity index (χ2n) is 9.79. The number of hydrogen-bond acceptors (Lipinski definition) is 3. The van der Waals surface area contributed by atoms with Crippen LogP contribution in [0, 0.1) is 11.7 Å². The van der Waals surface area contributed by atoms with Crippen molar-refractivity contribution in [3.63, 3.8) is 0 Å². The summed E-state index contributed by atoms with van der Waals surface area (Å²) < 4.78 is 21.4. The quantitative estimate of drug-likeness (QED) is 0.236. The molecule has 1 aromatic heterocycles. The van der Waals surface area contributed by atoms with Gasteiger partial charge in [-0.3, -0.25) is 4.79 Å². The summed E-state index contributed by atoms with van der Waals surface area (Å²) in [5.74, 6) is 1.04. The monoisotopic (exact) mass is 535 g/mol. The first-order valence-corrected chi connectivity index (χ1v) is 14.1. The number of benzene rings is 3. The molecule has 0 radical (unpaired) electrons. The fourth-order valence-electron chi connectivity index (χ4n) is 5.36. The molecule has 1 heterocycles. The molecule has 0 atom stereocenters. The Morgan fingerprint density at radius 2 is 1.73 bits per heavy atom. The lowest BCUT2D eigenvalue weighted by atomic mass is 9.83. The number of methoxy groups -OCH3 is 1. The van der Waals surface area contributed by atoms with Gasteiger partial charge in [0.15, 0.2) is 0 Å². The number of nitrogens with zero attached hydrogens (tertiary/aromatic N) is 1. The molecule has 0 aliphatic heterocycles. The molecule has 192 valence electrons. The van der Waals surface area contributed by atoms with Crippen molar-refractivity contribution in [3.05, 3.63) is 88.0 Å². The SMILES string of the molecule is CC[C@H]1CC[C@H](N(Cc2cc(-c3ccc(OC)cc3)ccc2F)C(=O)c2sc3ccccc3c2Cl)CC1. The zero-order chi connectivity index (χ0) is 25.9. The molecule has 37 heavy (non-hydrogen) atoms. The summed E-state index contributed by atoms with van der Waals surface area (Å²) in [4.78, 5) is 16.5. The van der Waals surface area contributed by atoms with E-state index in [0.29, 0.717) is 21.4 Å². The van der Waals surface area contributed by atoms with E-state index in [4.69, 9.17) is 16.3 Å². The molecule has 1 amide bonds. The average molecular weight is 536 g/mol. The number of carbonyl (C=O) groups is 1. The summed E-state index contributed by atoms with van der Waals surface area (Å²) in [7, 11) is 1.63. The molecular weight excluding hydrogens is 505 g/mol. The minimum atomic E-state index is -0.306. The van der Waals surface area contributed by atoms with Gasteiger partial charge in [0.05, 0.1) is 12.1 Å². The molecule has 4 aromatic rings. The molecule has 1 aliphatic carbocycles. The minimum Gasteiger partial charge on any atom is -0.497 e. The summed E-state index contributed by atoms with van der Waals surface area (Å²) in [5, 5.41) is 1.38. The molecule has 3 aromatic carbocycles. The van der Waals surface area contributed by atoms with Crippen molar-refractivity contribution in [1.29, 1.82) is 0 Å². The number of fused-ring (bicyclic) bond motifs is 1. The Labute approximate surface area is 226 Å². The third-order valence-electron chi connectivity index (χ3n) is 7.63. The highest BCUT2D eigenvalue weighted by molar-refractivity contribution is 7.21. The summed E-state index contributed by atoms with van der Waals surface area (Å²) >= 11 is 8.14. The van der Waals surface area contributed by atoms with Crippen molar-refractivity contribution in [1.82, 2.24) is 4.90 Å². The van der Waals surface area contributed by atoms with Crippen molar-refractivity contribution in [2.45, 2.75) is 51.6 Å². The lowest BCUT2D eigenvalue weighted by Crippen LogP contribution is -2.42. The van der Waals surface area contributed by atoms with E-state index in [9.17, 15) is 4.79 Å². The van der Waals surface area contributed by atoms with Gasteiger partial charge < -0.3 is 9.64 Å². The van der Waals surface area contributed by atoms with Crippen LogP contribution in [0.25, 0.3) is 21.2 Å². The Bertz CT molecular complexity index is 1390. The van der Waals surface area contributed by atoms with Crippen molar-refractivity contribution in [2.75, 3.05) is 7.11 Å². The third kappa shape index (κ3) is 5.39. The molecule has 1 fully saturated rings. The Morgan fingerprint density at radius 3 is 2.41 bits per heavy atom. The molecule has 1 aliphatic rings. The maximum absolute atomic E-state index is 15.2. The zero-order valence-corrected chi connectivity index (χ0v) is 22.7. The molecule has 5 rings (SSSR count). The third-order valence-corrected chi connectivity index (χ3v) is 9.30. The Hall–Kier alpha value is -2.89. The van der Waals surface area contributed by atoms with Gasteiger partial charge in [-0.1, -0.05) is 61.3 Å². The number of amides is 1. The molecule has 0 N–H and O–H groups in total. The number of ether oxygens (including phenoxy) is 1. The summed E-state index contributed by atoms with van der Waals surface area (Å²) in [6, 6.07) is 20.7. The van der Waals surface area contributed by atoms with Gasteiger partial charge in [0.25, 0.3) is 5.91 Å². The predicted octanol–water partition coefficient (Wildman–Crippen LogP) is 8.98. The first-order chi connectivity index (χ1) is 18.0. The predicted molar refractivity (Wildman–Crippen MR) is 151 cm³/mol. The smallest absolute Gasteiger partial charge is 0.266 e. The Balaban J connectivity index is 1.49. The average Bonchev–Trinajstić information content (AvgIpc) is 3.29. The van der Waals surface area contributed by atoms with Crippen molar-refractivity contribution < 1.29 is 13.9 Å². The second-order valence-corrected chi connectivity index (χ2v) is 11.2. The van der Waals surface area contributed by atoms with Gasteiger partial charge in [-0.25, -0.2) is 4.39 Å². The van der Waals surface area contributed by atoms with Crippen LogP contribution in [0.2, 0.25) is 5.02 Å². The van der Waals surface area contributed by atoms with Crippen molar-refractivity contribution in [3.8, 4) is 16.9 Å². The van der Waals surface area contributed by atoms with Crippen LogP contribution in [0.15, 0.2) is 66.7 Å². The maximum atomic E-state index is 15.2. The largest absolute Gasteiger partial charge is 0.497 e. The standard InChI is InChI=1S/C31H31ClFNO2S/c1-3-20-8-13-24(14-9-20)34(31(35)30-29(32)26-6-4-5-7-28(26)37-30)19-23-18-22(12-17-27(23)33)21-10-15-25(36-2)16-11-21/h4-7,10-12,15-18,20,24H,3,8-9,13-14,19H2,1-2H3/t20-,24-. The molecule has 3 nitrogen and oxygen atoms in total. The van der Waals surface area contributed by atoms with Crippen LogP contribution in [0.5, 0.6) is 5.75 Å². The zero-order valence-electron chi connectivity index (χ0n) is 21.2. The van der Waals surface area contributed by atoms with Crippen LogP contribution < -0.4 is 4.74 Å². The van der Waals surface area contributed by atoms with E-state index >= 15 is 4.39 Å². The van der Waals surface area contributed by atoms with Crippen LogP contribution in [-0.2, 0) is 6.54 Å². The molecule has 6 heteroatoms. The fraction of sp³-hybridized carbons (Fsp3) is 0.323. The molecule has 0 bridgehead atoms. The van der Waals surface area contributed by atoms with E-state index in [1.54, 1.807) is 13.2 Å². The summed E-state index contributed by atoms with van der Waals surface area (Å²) in [6.07, 6.45) is 5.17. The van der Waals surface area contributed by atoms with E-state index in [2.05, 4.69) is 6.92 Å². The number of halogens is 2. The lowest BCUT2D eigenvalue weighted by molar-refractivity contribution is 0.0590. The number of thiophene rings is 1. The normalized spacial score (nSPS) is 17.6. The number of hydrogen-bond donors (Lipinski definition) is 0. The Kier molecular flexibility index (Phi) is 7.82. The maximum Gasteiger partial charge on any atom is 0.266 e. The van der Waals surface area contributed by atoms with Gasteiger partial charge in [0.2, 0.25) is 0 Å². The van der Waals surface area contributed by atoms with Gasteiger partial charge in [0.1, 0.15) is 16.4 Å². The molecule has 0 saturated heterocycles. The first-order valence-electron chi connectivity index (χ1n) is 12.9. The van der Waals surface area contributed by atoms with E-state index in [1.807, 2.05) is 59.5 Å². The van der Waals surface area contributed by atoms with E-state index in [-0.39, 0.29) is 24.3 Å². The van der Waals surface area contributed by atoms with Crippen molar-refractivity contribution in [2.24, 2.45) is 5.92 Å². The van der Waals surface area contributed by atoms with Crippen molar-refractivity contribution >= 4 is 38.9 Å².